The maximum absolute atomic E-state index is 5.78. The van der Waals surface area contributed by atoms with Crippen molar-refractivity contribution in [1.82, 2.24) is 0 Å². The van der Waals surface area contributed by atoms with Crippen LogP contribution in [0.4, 0.5) is 0 Å². The second kappa shape index (κ2) is 3.35. The summed E-state index contributed by atoms with van der Waals surface area (Å²) in [5.41, 5.74) is 8.47. The van der Waals surface area contributed by atoms with Crippen molar-refractivity contribution in [1.29, 1.82) is 0 Å². The van der Waals surface area contributed by atoms with E-state index >= 15 is 0 Å². The van der Waals surface area contributed by atoms with Crippen LogP contribution in [0.5, 0.6) is 0 Å². The molecule has 1 heteroatoms. The molecule has 1 nitrogen and oxygen atoms in total. The van der Waals surface area contributed by atoms with Gasteiger partial charge in [0.25, 0.3) is 0 Å². The van der Waals surface area contributed by atoms with Gasteiger partial charge in [-0.25, -0.2) is 0 Å². The summed E-state index contributed by atoms with van der Waals surface area (Å²) in [6.45, 7) is 2.17. The molecule has 1 aromatic rings. The third-order valence-corrected chi connectivity index (χ3v) is 2.62. The second-order valence-corrected chi connectivity index (χ2v) is 3.81. The molecule has 1 saturated carbocycles. The lowest BCUT2D eigenvalue weighted by Gasteiger charge is -1.98. The van der Waals surface area contributed by atoms with Crippen LogP contribution in [0.15, 0.2) is 35.9 Å². The van der Waals surface area contributed by atoms with Gasteiger partial charge >= 0.3 is 0 Å². The van der Waals surface area contributed by atoms with Crippen LogP contribution in [0.25, 0.3) is 6.08 Å². The Kier molecular flexibility index (Phi) is 2.19. The van der Waals surface area contributed by atoms with Crippen LogP contribution in [-0.2, 0) is 0 Å². The standard InChI is InChI=1S/C12H15N/c1-9(11-8-12(11)13)7-10-5-3-2-4-6-10/h2-7,11-12H,8,13H2,1H3/b9-7+. The lowest BCUT2D eigenvalue weighted by Crippen LogP contribution is -2.02. The molecular weight excluding hydrogens is 158 g/mol. The van der Waals surface area contributed by atoms with E-state index in [4.69, 9.17) is 5.73 Å². The van der Waals surface area contributed by atoms with Crippen LogP contribution in [-0.4, -0.2) is 6.04 Å². The van der Waals surface area contributed by atoms with Crippen LogP contribution in [0.3, 0.4) is 0 Å². The van der Waals surface area contributed by atoms with Crippen LogP contribution in [0, 0.1) is 5.92 Å². The van der Waals surface area contributed by atoms with E-state index in [2.05, 4.69) is 37.3 Å². The van der Waals surface area contributed by atoms with Crippen molar-refractivity contribution >= 4 is 6.08 Å². The van der Waals surface area contributed by atoms with Gasteiger partial charge in [-0.1, -0.05) is 42.0 Å². The number of rotatable bonds is 2. The SMILES string of the molecule is C/C(=C\c1ccccc1)C1CC1N. The van der Waals surface area contributed by atoms with Gasteiger partial charge in [-0.05, 0) is 24.8 Å². The van der Waals surface area contributed by atoms with Crippen molar-refractivity contribution in [3.05, 3.63) is 41.5 Å². The Morgan fingerprint density at radius 2 is 2.00 bits per heavy atom. The lowest BCUT2D eigenvalue weighted by molar-refractivity contribution is 0.924. The molecule has 2 unspecified atom stereocenters. The zero-order chi connectivity index (χ0) is 9.26. The van der Waals surface area contributed by atoms with Crippen molar-refractivity contribution in [2.45, 2.75) is 19.4 Å². The Labute approximate surface area is 79.3 Å². The van der Waals surface area contributed by atoms with E-state index in [9.17, 15) is 0 Å². The Morgan fingerprint density at radius 1 is 1.38 bits per heavy atom. The molecule has 0 amide bonds. The van der Waals surface area contributed by atoms with Gasteiger partial charge in [-0.2, -0.15) is 0 Å². The summed E-state index contributed by atoms with van der Waals surface area (Å²) in [7, 11) is 0. The zero-order valence-corrected chi connectivity index (χ0v) is 7.90. The highest BCUT2D eigenvalue weighted by atomic mass is 14.7. The van der Waals surface area contributed by atoms with Gasteiger partial charge in [0.15, 0.2) is 0 Å². The maximum atomic E-state index is 5.78. The van der Waals surface area contributed by atoms with E-state index in [-0.39, 0.29) is 0 Å². The Morgan fingerprint density at radius 3 is 2.54 bits per heavy atom. The van der Waals surface area contributed by atoms with Crippen LogP contribution >= 0.6 is 0 Å². The average molecular weight is 173 g/mol. The topological polar surface area (TPSA) is 26.0 Å². The minimum absolute atomic E-state index is 0.417. The van der Waals surface area contributed by atoms with Crippen molar-refractivity contribution in [2.75, 3.05) is 0 Å². The zero-order valence-electron chi connectivity index (χ0n) is 7.90. The van der Waals surface area contributed by atoms with E-state index in [1.807, 2.05) is 6.07 Å². The smallest absolute Gasteiger partial charge is 0.0111 e. The Balaban J connectivity index is 2.12. The minimum atomic E-state index is 0.417. The first-order valence-corrected chi connectivity index (χ1v) is 4.76. The van der Waals surface area contributed by atoms with Crippen LogP contribution in [0.1, 0.15) is 18.9 Å². The highest BCUT2D eigenvalue weighted by Crippen LogP contribution is 2.35. The summed E-state index contributed by atoms with van der Waals surface area (Å²) in [5.74, 6) is 0.639. The van der Waals surface area contributed by atoms with Gasteiger partial charge < -0.3 is 5.73 Å². The summed E-state index contributed by atoms with van der Waals surface area (Å²) in [5, 5.41) is 0. The Hall–Kier alpha value is -1.08. The van der Waals surface area contributed by atoms with Crippen molar-refractivity contribution < 1.29 is 0 Å². The number of hydrogen-bond donors (Lipinski definition) is 1. The van der Waals surface area contributed by atoms with Gasteiger partial charge in [-0.3, -0.25) is 0 Å². The minimum Gasteiger partial charge on any atom is -0.327 e. The first kappa shape index (κ1) is 8.52. The second-order valence-electron chi connectivity index (χ2n) is 3.81. The maximum Gasteiger partial charge on any atom is 0.0111 e. The molecule has 0 aromatic heterocycles. The summed E-state index contributed by atoms with van der Waals surface area (Å²) in [4.78, 5) is 0. The molecule has 68 valence electrons. The quantitative estimate of drug-likeness (QED) is 0.730. The fourth-order valence-corrected chi connectivity index (χ4v) is 1.66. The largest absolute Gasteiger partial charge is 0.327 e. The fraction of sp³-hybridized carbons (Fsp3) is 0.333. The average Bonchev–Trinajstić information content (AvgIpc) is 2.84. The fourth-order valence-electron chi connectivity index (χ4n) is 1.66. The van der Waals surface area contributed by atoms with E-state index in [1.54, 1.807) is 0 Å². The van der Waals surface area contributed by atoms with Gasteiger partial charge in [0, 0.05) is 6.04 Å². The summed E-state index contributed by atoms with van der Waals surface area (Å²) < 4.78 is 0. The highest BCUT2D eigenvalue weighted by molar-refractivity contribution is 5.53. The van der Waals surface area contributed by atoms with E-state index in [0.29, 0.717) is 12.0 Å². The molecule has 0 heterocycles. The highest BCUT2D eigenvalue weighted by Gasteiger charge is 2.34. The third-order valence-electron chi connectivity index (χ3n) is 2.62. The summed E-state index contributed by atoms with van der Waals surface area (Å²) in [6.07, 6.45) is 3.40. The number of hydrogen-bond acceptors (Lipinski definition) is 1. The molecule has 0 spiro atoms. The summed E-state index contributed by atoms with van der Waals surface area (Å²) in [6, 6.07) is 10.8. The van der Waals surface area contributed by atoms with Crippen molar-refractivity contribution in [3.63, 3.8) is 0 Å². The normalized spacial score (nSPS) is 27.4. The molecule has 0 radical (unpaired) electrons. The molecule has 2 N–H and O–H groups in total. The van der Waals surface area contributed by atoms with Crippen LogP contribution in [0.2, 0.25) is 0 Å². The number of benzene rings is 1. The predicted molar refractivity (Wildman–Crippen MR) is 56.2 cm³/mol. The van der Waals surface area contributed by atoms with Gasteiger partial charge in [0.2, 0.25) is 0 Å². The van der Waals surface area contributed by atoms with Gasteiger partial charge in [0.05, 0.1) is 0 Å². The predicted octanol–water partition coefficient (Wildman–Crippen LogP) is 2.44. The molecule has 1 aliphatic carbocycles. The van der Waals surface area contributed by atoms with Gasteiger partial charge in [0.1, 0.15) is 0 Å². The van der Waals surface area contributed by atoms with Crippen molar-refractivity contribution in [2.24, 2.45) is 11.7 Å². The molecule has 1 aromatic carbocycles. The molecule has 1 fully saturated rings. The summed E-state index contributed by atoms with van der Waals surface area (Å²) >= 11 is 0. The molecule has 0 aliphatic heterocycles. The third kappa shape index (κ3) is 1.99. The Bertz CT molecular complexity index is 313. The van der Waals surface area contributed by atoms with E-state index in [1.165, 1.54) is 11.1 Å². The van der Waals surface area contributed by atoms with Gasteiger partial charge in [-0.15, -0.1) is 0 Å². The van der Waals surface area contributed by atoms with E-state index < -0.39 is 0 Å². The molecule has 1 aliphatic rings. The first-order chi connectivity index (χ1) is 6.27. The molecule has 0 bridgehead atoms. The monoisotopic (exact) mass is 173 g/mol. The van der Waals surface area contributed by atoms with Crippen LogP contribution < -0.4 is 5.73 Å². The number of nitrogens with two attached hydrogens (primary N) is 1. The molecular formula is C12H15N. The molecule has 0 saturated heterocycles. The molecule has 13 heavy (non-hydrogen) atoms. The lowest BCUT2D eigenvalue weighted by atomic mass is 10.1. The first-order valence-electron chi connectivity index (χ1n) is 4.76. The molecule has 2 rings (SSSR count). The van der Waals surface area contributed by atoms with E-state index in [0.717, 1.165) is 6.42 Å². The molecule has 2 atom stereocenters. The van der Waals surface area contributed by atoms with Crippen molar-refractivity contribution in [3.8, 4) is 0 Å².